The zero-order chi connectivity index (χ0) is 12.6. The van der Waals surface area contributed by atoms with Crippen molar-refractivity contribution in [3.8, 4) is 5.69 Å². The molecule has 0 saturated carbocycles. The lowest BCUT2D eigenvalue weighted by Crippen LogP contribution is -2.06. The van der Waals surface area contributed by atoms with E-state index in [2.05, 4.69) is 38.5 Å². The van der Waals surface area contributed by atoms with Gasteiger partial charge in [-0.3, -0.25) is 0 Å². The van der Waals surface area contributed by atoms with Crippen LogP contribution in [0.15, 0.2) is 34.9 Å². The molecule has 0 unspecified atom stereocenters. The van der Waals surface area contributed by atoms with Gasteiger partial charge in [-0.25, -0.2) is 4.79 Å². The molecular formula is C12H9BrINO2. The second-order valence-corrected chi connectivity index (χ2v) is 5.67. The highest BCUT2D eigenvalue weighted by molar-refractivity contribution is 14.1. The first-order chi connectivity index (χ1) is 8.00. The average Bonchev–Trinajstić information content (AvgIpc) is 2.64. The number of aromatic carboxylic acids is 1. The van der Waals surface area contributed by atoms with Gasteiger partial charge in [0.2, 0.25) is 0 Å². The van der Waals surface area contributed by atoms with Crippen LogP contribution in [0.4, 0.5) is 0 Å². The van der Waals surface area contributed by atoms with E-state index in [1.165, 1.54) is 0 Å². The van der Waals surface area contributed by atoms with Crippen LogP contribution in [0, 0.1) is 10.5 Å². The molecule has 88 valence electrons. The fraction of sp³-hybridized carbons (Fsp3) is 0.0833. The fourth-order valence-corrected chi connectivity index (χ4v) is 2.64. The molecule has 0 radical (unpaired) electrons. The largest absolute Gasteiger partial charge is 0.477 e. The minimum absolute atomic E-state index is 0.265. The molecule has 0 aliphatic carbocycles. The fourth-order valence-electron chi connectivity index (χ4n) is 1.61. The number of aromatic nitrogens is 1. The third kappa shape index (κ3) is 2.40. The Kier molecular flexibility index (Phi) is 3.58. The van der Waals surface area contributed by atoms with Gasteiger partial charge >= 0.3 is 5.97 Å². The van der Waals surface area contributed by atoms with Gasteiger partial charge in [-0.05, 0) is 63.1 Å². The first kappa shape index (κ1) is 12.6. The van der Waals surface area contributed by atoms with Crippen molar-refractivity contribution in [2.75, 3.05) is 0 Å². The minimum atomic E-state index is -0.929. The summed E-state index contributed by atoms with van der Waals surface area (Å²) in [6.07, 6.45) is 1.81. The smallest absolute Gasteiger partial charge is 0.352 e. The summed E-state index contributed by atoms with van der Waals surface area (Å²) >= 11 is 5.60. The van der Waals surface area contributed by atoms with Gasteiger partial charge in [0.1, 0.15) is 5.69 Å². The van der Waals surface area contributed by atoms with E-state index >= 15 is 0 Å². The molecule has 1 aromatic heterocycles. The minimum Gasteiger partial charge on any atom is -0.477 e. The van der Waals surface area contributed by atoms with Crippen LogP contribution in [-0.4, -0.2) is 15.6 Å². The monoisotopic (exact) mass is 405 g/mol. The van der Waals surface area contributed by atoms with Gasteiger partial charge in [0, 0.05) is 14.2 Å². The predicted octanol–water partition coefficient (Wildman–Crippen LogP) is 3.85. The summed E-state index contributed by atoms with van der Waals surface area (Å²) < 4.78 is 3.49. The topological polar surface area (TPSA) is 42.2 Å². The lowest BCUT2D eigenvalue weighted by atomic mass is 10.2. The lowest BCUT2D eigenvalue weighted by Gasteiger charge is -2.10. The summed E-state index contributed by atoms with van der Waals surface area (Å²) in [7, 11) is 0. The van der Waals surface area contributed by atoms with Crippen LogP contribution in [0.25, 0.3) is 5.69 Å². The number of hydrogen-bond acceptors (Lipinski definition) is 1. The average molecular weight is 406 g/mol. The molecule has 0 aliphatic rings. The van der Waals surface area contributed by atoms with Crippen molar-refractivity contribution < 1.29 is 9.90 Å². The van der Waals surface area contributed by atoms with E-state index in [0.717, 1.165) is 19.3 Å². The molecular weight excluding hydrogens is 397 g/mol. The molecule has 0 saturated heterocycles. The number of carbonyl (C=O) groups is 1. The van der Waals surface area contributed by atoms with E-state index in [-0.39, 0.29) is 5.69 Å². The number of rotatable bonds is 2. The van der Waals surface area contributed by atoms with Crippen LogP contribution in [0.5, 0.6) is 0 Å². The number of benzene rings is 1. The summed E-state index contributed by atoms with van der Waals surface area (Å²) in [6.45, 7) is 1.97. The van der Waals surface area contributed by atoms with Crippen LogP contribution in [-0.2, 0) is 0 Å². The molecule has 0 aliphatic heterocycles. The zero-order valence-electron chi connectivity index (χ0n) is 8.95. The first-order valence-electron chi connectivity index (χ1n) is 4.87. The summed E-state index contributed by atoms with van der Waals surface area (Å²) in [6, 6.07) is 7.42. The highest BCUT2D eigenvalue weighted by Gasteiger charge is 2.15. The molecule has 1 N–H and O–H groups in total. The zero-order valence-corrected chi connectivity index (χ0v) is 12.7. The van der Waals surface area contributed by atoms with Crippen LogP contribution in [0.1, 0.15) is 16.1 Å². The number of nitrogens with zero attached hydrogens (tertiary/aromatic N) is 1. The molecule has 0 fully saturated rings. The second kappa shape index (κ2) is 4.81. The number of carboxylic acids is 1. The molecule has 1 heterocycles. The standard InChI is InChI=1S/C12H9BrINO2/c1-7-3-2-4-9(11(7)13)15-6-8(14)5-10(15)12(16)17/h2-6H,1H3,(H,16,17). The van der Waals surface area contributed by atoms with E-state index in [0.29, 0.717) is 0 Å². The summed E-state index contributed by atoms with van der Waals surface area (Å²) in [5.74, 6) is -0.929. The maximum Gasteiger partial charge on any atom is 0.352 e. The Morgan fingerprint density at radius 1 is 1.47 bits per heavy atom. The van der Waals surface area contributed by atoms with Crippen molar-refractivity contribution in [3.05, 3.63) is 49.8 Å². The summed E-state index contributed by atoms with van der Waals surface area (Å²) in [4.78, 5) is 11.2. The van der Waals surface area contributed by atoms with Gasteiger partial charge in [-0.15, -0.1) is 0 Å². The SMILES string of the molecule is Cc1cccc(-n2cc(I)cc2C(=O)O)c1Br. The quantitative estimate of drug-likeness (QED) is 0.771. The molecule has 0 spiro atoms. The maximum absolute atomic E-state index is 11.2. The maximum atomic E-state index is 11.2. The number of hydrogen-bond donors (Lipinski definition) is 1. The van der Waals surface area contributed by atoms with E-state index in [1.54, 1.807) is 10.6 Å². The van der Waals surface area contributed by atoms with Crippen molar-refractivity contribution in [1.29, 1.82) is 0 Å². The van der Waals surface area contributed by atoms with Gasteiger partial charge in [0.05, 0.1) is 5.69 Å². The van der Waals surface area contributed by atoms with E-state index < -0.39 is 5.97 Å². The van der Waals surface area contributed by atoms with Crippen LogP contribution in [0.3, 0.4) is 0 Å². The molecule has 1 aromatic carbocycles. The Morgan fingerprint density at radius 2 is 2.18 bits per heavy atom. The predicted molar refractivity (Wildman–Crippen MR) is 77.9 cm³/mol. The normalized spacial score (nSPS) is 10.5. The molecule has 0 bridgehead atoms. The Morgan fingerprint density at radius 3 is 2.82 bits per heavy atom. The second-order valence-electron chi connectivity index (χ2n) is 3.63. The van der Waals surface area contributed by atoms with Crippen molar-refractivity contribution >= 4 is 44.5 Å². The number of halogens is 2. The Hall–Kier alpha value is -0.820. The molecule has 2 rings (SSSR count). The molecule has 2 aromatic rings. The summed E-state index contributed by atoms with van der Waals surface area (Å²) in [5.41, 5.74) is 2.17. The third-order valence-corrected chi connectivity index (χ3v) is 4.06. The highest BCUT2D eigenvalue weighted by atomic mass is 127. The Balaban J connectivity index is 2.68. The molecule has 5 heteroatoms. The Bertz CT molecular complexity index is 592. The van der Waals surface area contributed by atoms with Gasteiger partial charge in [0.25, 0.3) is 0 Å². The molecule has 3 nitrogen and oxygen atoms in total. The number of aryl methyl sites for hydroxylation is 1. The molecule has 0 atom stereocenters. The molecule has 0 amide bonds. The van der Waals surface area contributed by atoms with Crippen LogP contribution >= 0.6 is 38.5 Å². The van der Waals surface area contributed by atoms with E-state index in [1.807, 2.05) is 31.3 Å². The Labute approximate surface area is 121 Å². The van der Waals surface area contributed by atoms with Crippen LogP contribution < -0.4 is 0 Å². The van der Waals surface area contributed by atoms with Crippen molar-refractivity contribution in [1.82, 2.24) is 4.57 Å². The van der Waals surface area contributed by atoms with Crippen molar-refractivity contribution in [2.45, 2.75) is 6.92 Å². The van der Waals surface area contributed by atoms with Crippen molar-refractivity contribution in [3.63, 3.8) is 0 Å². The first-order valence-corrected chi connectivity index (χ1v) is 6.74. The van der Waals surface area contributed by atoms with Gasteiger partial charge in [0.15, 0.2) is 0 Å². The van der Waals surface area contributed by atoms with Gasteiger partial charge in [-0.2, -0.15) is 0 Å². The molecule has 17 heavy (non-hydrogen) atoms. The lowest BCUT2D eigenvalue weighted by molar-refractivity contribution is 0.0688. The van der Waals surface area contributed by atoms with Crippen molar-refractivity contribution in [2.24, 2.45) is 0 Å². The van der Waals surface area contributed by atoms with Crippen LogP contribution in [0.2, 0.25) is 0 Å². The van der Waals surface area contributed by atoms with Gasteiger partial charge in [-0.1, -0.05) is 12.1 Å². The van der Waals surface area contributed by atoms with E-state index in [9.17, 15) is 4.79 Å². The summed E-state index contributed by atoms with van der Waals surface area (Å²) in [5, 5.41) is 9.16. The number of carboxylic acid groups (broad SMARTS) is 1. The third-order valence-electron chi connectivity index (χ3n) is 2.44. The van der Waals surface area contributed by atoms with Gasteiger partial charge < -0.3 is 9.67 Å². The highest BCUT2D eigenvalue weighted by Crippen LogP contribution is 2.27. The van der Waals surface area contributed by atoms with E-state index in [4.69, 9.17) is 5.11 Å².